The zero-order valence-corrected chi connectivity index (χ0v) is 17.1. The molecule has 1 heterocycles. The van der Waals surface area contributed by atoms with Crippen LogP contribution in [0.5, 0.6) is 0 Å². The Kier molecular flexibility index (Phi) is 7.67. The van der Waals surface area contributed by atoms with E-state index in [1.54, 1.807) is 0 Å². The number of pyridine rings is 1. The van der Waals surface area contributed by atoms with Crippen LogP contribution in [0, 0.1) is 11.8 Å². The number of aliphatic hydroxyl groups is 1. The molecule has 2 unspecified atom stereocenters. The van der Waals surface area contributed by atoms with E-state index in [1.807, 2.05) is 0 Å². The molecule has 2 saturated carbocycles. The molecule has 2 aliphatic carbocycles. The van der Waals surface area contributed by atoms with Gasteiger partial charge in [-0.15, -0.1) is 0 Å². The van der Waals surface area contributed by atoms with E-state index in [0.29, 0.717) is 25.3 Å². The summed E-state index contributed by atoms with van der Waals surface area (Å²) in [5.74, 6) is -2.20. The summed E-state index contributed by atoms with van der Waals surface area (Å²) in [6.07, 6.45) is -3.07. The van der Waals surface area contributed by atoms with Crippen molar-refractivity contribution in [3.05, 3.63) is 34.7 Å². The van der Waals surface area contributed by atoms with Crippen molar-refractivity contribution in [1.29, 1.82) is 0 Å². The molecule has 2 fully saturated rings. The van der Waals surface area contributed by atoms with Gasteiger partial charge in [0, 0.05) is 43.1 Å². The van der Waals surface area contributed by atoms with Gasteiger partial charge in [-0.05, 0) is 31.4 Å². The number of nitrogens with zero attached hydrogens (tertiary/aromatic N) is 1. The number of allylic oxidation sites excluding steroid dienone is 1. The molecule has 0 amide bonds. The molecule has 0 aliphatic heterocycles. The average molecular weight is 450 g/mol. The number of ether oxygens (including phenoxy) is 2. The first kappa shape index (κ1) is 23.6. The number of ketones is 2. The van der Waals surface area contributed by atoms with Crippen molar-refractivity contribution in [2.75, 3.05) is 20.3 Å². The van der Waals surface area contributed by atoms with Gasteiger partial charge >= 0.3 is 6.18 Å². The van der Waals surface area contributed by atoms with Crippen LogP contribution in [0.1, 0.15) is 36.2 Å². The second-order valence-corrected chi connectivity index (χ2v) is 6.89. The summed E-state index contributed by atoms with van der Waals surface area (Å²) in [6, 6.07) is 1.72. The van der Waals surface area contributed by atoms with Crippen LogP contribution >= 0.6 is 0 Å². The van der Waals surface area contributed by atoms with Crippen LogP contribution in [0.3, 0.4) is 0 Å². The molecule has 1 aromatic heterocycles. The van der Waals surface area contributed by atoms with Crippen molar-refractivity contribution in [2.45, 2.75) is 32.0 Å². The number of carbonyl (C=O) groups excluding carboxylic acids is 2. The Morgan fingerprint density at radius 3 is 2.34 bits per heavy atom. The van der Waals surface area contributed by atoms with Gasteiger partial charge in [0.05, 0.1) is 25.5 Å². The molecular weight excluding hydrogens is 430 g/mol. The van der Waals surface area contributed by atoms with Gasteiger partial charge in [0.15, 0.2) is 11.6 Å². The number of aliphatic hydroxyl groups excluding tert-OH is 1. The molecule has 2 atom stereocenters. The van der Waals surface area contributed by atoms with Crippen LogP contribution in [0.2, 0.25) is 0 Å². The molecule has 1 radical (unpaired) electrons. The van der Waals surface area contributed by atoms with Crippen LogP contribution in [-0.2, 0) is 50.4 Å². The van der Waals surface area contributed by atoms with Crippen molar-refractivity contribution in [1.82, 2.24) is 4.98 Å². The zero-order valence-electron chi connectivity index (χ0n) is 15.7. The predicted molar refractivity (Wildman–Crippen MR) is 91.2 cm³/mol. The molecule has 0 saturated heterocycles. The van der Waals surface area contributed by atoms with E-state index in [1.165, 1.54) is 7.11 Å². The van der Waals surface area contributed by atoms with Crippen molar-refractivity contribution < 1.29 is 55.9 Å². The number of carbonyl (C=O) groups is 2. The molecule has 1 N–H and O–H groups in total. The molecule has 2 bridgehead atoms. The normalized spacial score (nSPS) is 21.3. The van der Waals surface area contributed by atoms with E-state index in [9.17, 15) is 27.9 Å². The van der Waals surface area contributed by atoms with Crippen LogP contribution in [-0.4, -0.2) is 42.0 Å². The Morgan fingerprint density at radius 1 is 1.17 bits per heavy atom. The summed E-state index contributed by atoms with van der Waals surface area (Å²) in [7, 11) is 1.45. The quantitative estimate of drug-likeness (QED) is 0.310. The smallest absolute Gasteiger partial charge is 0.433 e. The molecule has 29 heavy (non-hydrogen) atoms. The van der Waals surface area contributed by atoms with Gasteiger partial charge < -0.3 is 14.6 Å². The van der Waals surface area contributed by atoms with Crippen LogP contribution < -0.4 is 0 Å². The molecule has 3 rings (SSSR count). The average Bonchev–Trinajstić information content (AvgIpc) is 3.10. The maximum absolute atomic E-state index is 13.0. The fourth-order valence-electron chi connectivity index (χ4n) is 3.65. The van der Waals surface area contributed by atoms with Crippen LogP contribution in [0.15, 0.2) is 17.7 Å². The molecular formula is C19H20F3NO5V. The molecule has 157 valence electrons. The van der Waals surface area contributed by atoms with Gasteiger partial charge in [-0.3, -0.25) is 9.59 Å². The van der Waals surface area contributed by atoms with Gasteiger partial charge in [-0.25, -0.2) is 4.98 Å². The standard InChI is InChI=1S/C19H20F3NO5.V/c1-27-6-7-28-9-13-12(4-5-14(23-13)19(20,21)22)18(26)15-16(24)10-2-3-11(8-10)17(15)25;/h4-5,10-11,26H,2-3,6-9H2,1H3;. The molecule has 0 spiro atoms. The SMILES string of the molecule is COCCOCc1nc(C(F)(F)F)ccc1C(O)=C1C(=O)C2CCC(C2)C1=O.[V]. The van der Waals surface area contributed by atoms with Gasteiger partial charge in [0.25, 0.3) is 0 Å². The van der Waals surface area contributed by atoms with Gasteiger partial charge in [-0.2, -0.15) is 13.2 Å². The second-order valence-electron chi connectivity index (χ2n) is 6.89. The largest absolute Gasteiger partial charge is 0.506 e. The van der Waals surface area contributed by atoms with Crippen molar-refractivity contribution >= 4 is 17.3 Å². The Bertz CT molecular complexity index is 801. The van der Waals surface area contributed by atoms with Crippen molar-refractivity contribution in [3.8, 4) is 0 Å². The minimum Gasteiger partial charge on any atom is -0.506 e. The zero-order chi connectivity index (χ0) is 20.5. The number of methoxy groups -OCH3 is 1. The summed E-state index contributed by atoms with van der Waals surface area (Å²) in [5, 5.41) is 10.7. The van der Waals surface area contributed by atoms with E-state index in [2.05, 4.69) is 4.98 Å². The second kappa shape index (κ2) is 9.42. The van der Waals surface area contributed by atoms with Gasteiger partial charge in [-0.1, -0.05) is 0 Å². The molecule has 1 aromatic rings. The Balaban J connectivity index is 0.00000300. The van der Waals surface area contributed by atoms with E-state index in [-0.39, 0.29) is 67.0 Å². The topological polar surface area (TPSA) is 85.7 Å². The molecule has 6 nitrogen and oxygen atoms in total. The van der Waals surface area contributed by atoms with E-state index in [0.717, 1.165) is 6.07 Å². The molecule has 0 aromatic carbocycles. The van der Waals surface area contributed by atoms with Crippen molar-refractivity contribution in [2.24, 2.45) is 11.8 Å². The summed E-state index contributed by atoms with van der Waals surface area (Å²) >= 11 is 0. The summed E-state index contributed by atoms with van der Waals surface area (Å²) < 4.78 is 49.2. The van der Waals surface area contributed by atoms with Crippen LogP contribution in [0.25, 0.3) is 5.76 Å². The molecule has 10 heteroatoms. The number of halogens is 3. The Hall–Kier alpha value is -1.68. The number of alkyl halides is 3. The maximum atomic E-state index is 13.0. The number of aromatic nitrogens is 1. The number of fused-ring (bicyclic) bond motifs is 2. The number of Topliss-reactive ketones (excluding diaryl/α,β-unsaturated/α-hetero) is 2. The number of rotatable bonds is 6. The van der Waals surface area contributed by atoms with Crippen molar-refractivity contribution in [3.63, 3.8) is 0 Å². The summed E-state index contributed by atoms with van der Waals surface area (Å²) in [6.45, 7) is -0.00982. The first-order valence-corrected chi connectivity index (χ1v) is 8.89. The number of hydrogen-bond acceptors (Lipinski definition) is 6. The summed E-state index contributed by atoms with van der Waals surface area (Å²) in [5.41, 5.74) is -1.79. The minimum atomic E-state index is -4.68. The fraction of sp³-hybridized carbons (Fsp3) is 0.526. The predicted octanol–water partition coefficient (Wildman–Crippen LogP) is 3.10. The third-order valence-corrected chi connectivity index (χ3v) is 5.09. The molecule has 2 aliphatic rings. The van der Waals surface area contributed by atoms with Gasteiger partial charge in [0.2, 0.25) is 0 Å². The summed E-state index contributed by atoms with van der Waals surface area (Å²) in [4.78, 5) is 28.7. The van der Waals surface area contributed by atoms with E-state index >= 15 is 0 Å². The number of hydrogen-bond donors (Lipinski definition) is 1. The third-order valence-electron chi connectivity index (χ3n) is 5.09. The van der Waals surface area contributed by atoms with Crippen LogP contribution in [0.4, 0.5) is 13.2 Å². The first-order valence-electron chi connectivity index (χ1n) is 8.89. The fourth-order valence-corrected chi connectivity index (χ4v) is 3.65. The van der Waals surface area contributed by atoms with E-state index in [4.69, 9.17) is 9.47 Å². The third kappa shape index (κ3) is 4.91. The minimum absolute atomic E-state index is 0. The Morgan fingerprint density at radius 2 is 1.79 bits per heavy atom. The maximum Gasteiger partial charge on any atom is 0.433 e. The van der Waals surface area contributed by atoms with Gasteiger partial charge in [0.1, 0.15) is 17.0 Å². The Labute approximate surface area is 177 Å². The van der Waals surface area contributed by atoms with E-state index < -0.39 is 29.2 Å². The first-order chi connectivity index (χ1) is 13.2. The monoisotopic (exact) mass is 450 g/mol.